The zero-order chi connectivity index (χ0) is 17.7. The molecule has 1 N–H and O–H groups in total. The summed E-state index contributed by atoms with van der Waals surface area (Å²) >= 11 is 7.43. The van der Waals surface area contributed by atoms with Crippen LogP contribution in [0, 0.1) is 0 Å². The number of nitrogens with zero attached hydrogens (tertiary/aromatic N) is 2. The van der Waals surface area contributed by atoms with Crippen molar-refractivity contribution in [3.05, 3.63) is 33.7 Å². The van der Waals surface area contributed by atoms with Gasteiger partial charge in [0.25, 0.3) is 5.91 Å². The van der Waals surface area contributed by atoms with Gasteiger partial charge in [-0.2, -0.15) is 0 Å². The molecule has 1 aliphatic heterocycles. The summed E-state index contributed by atoms with van der Waals surface area (Å²) in [6, 6.07) is 4.93. The highest BCUT2D eigenvalue weighted by molar-refractivity contribution is 8.18. The van der Waals surface area contributed by atoms with Gasteiger partial charge in [-0.15, -0.1) is 0 Å². The summed E-state index contributed by atoms with van der Waals surface area (Å²) in [5.74, 6) is -0.875. The van der Waals surface area contributed by atoms with E-state index in [0.717, 1.165) is 5.56 Å². The smallest absolute Gasteiger partial charge is 0.341 e. The summed E-state index contributed by atoms with van der Waals surface area (Å²) < 4.78 is 5.08. The van der Waals surface area contributed by atoms with Gasteiger partial charge in [-0.05, 0) is 49.4 Å². The molecule has 0 radical (unpaired) electrons. The quantitative estimate of drug-likeness (QED) is 0.780. The molecule has 0 unspecified atom stereocenters. The fourth-order valence-electron chi connectivity index (χ4n) is 2.05. The standard InChI is InChI=1S/C16H17ClN2O4S/c1-3-18-16-19(4-2)15(22)13(24-16)8-10-5-6-12(11(17)7-10)23-9-14(20)21/h5-8H,3-4,9H2,1-2H3,(H,20,21). The Hall–Kier alpha value is -1.99. The van der Waals surface area contributed by atoms with Crippen LogP contribution in [0.1, 0.15) is 19.4 Å². The fourth-order valence-corrected chi connectivity index (χ4v) is 3.40. The summed E-state index contributed by atoms with van der Waals surface area (Å²) in [7, 11) is 0. The van der Waals surface area contributed by atoms with E-state index >= 15 is 0 Å². The number of aliphatic carboxylic acids is 1. The van der Waals surface area contributed by atoms with Gasteiger partial charge in [0.2, 0.25) is 0 Å². The Morgan fingerprint density at radius 3 is 2.79 bits per heavy atom. The third kappa shape index (κ3) is 4.30. The Bertz CT molecular complexity index is 718. The number of carbonyl (C=O) groups excluding carboxylic acids is 1. The first-order valence-corrected chi connectivity index (χ1v) is 8.55. The second kappa shape index (κ2) is 8.21. The van der Waals surface area contributed by atoms with Crippen molar-refractivity contribution in [3.63, 3.8) is 0 Å². The maximum atomic E-state index is 12.4. The number of likely N-dealkylation sites (N-methyl/N-ethyl adjacent to an activating group) is 1. The highest BCUT2D eigenvalue weighted by atomic mass is 35.5. The summed E-state index contributed by atoms with van der Waals surface area (Å²) in [6.45, 7) is 4.53. The number of ether oxygens (including phenoxy) is 1. The number of aliphatic imine (C=N–C) groups is 1. The molecular formula is C16H17ClN2O4S. The van der Waals surface area contributed by atoms with Gasteiger partial charge in [-0.1, -0.05) is 17.7 Å². The van der Waals surface area contributed by atoms with Gasteiger partial charge in [0.15, 0.2) is 11.8 Å². The number of thioether (sulfide) groups is 1. The Balaban J connectivity index is 2.22. The molecule has 0 bridgehead atoms. The minimum Gasteiger partial charge on any atom is -0.480 e. The van der Waals surface area contributed by atoms with Crippen LogP contribution in [-0.4, -0.2) is 46.7 Å². The molecule has 0 spiro atoms. The van der Waals surface area contributed by atoms with E-state index in [0.29, 0.717) is 23.2 Å². The van der Waals surface area contributed by atoms with E-state index in [1.165, 1.54) is 11.8 Å². The Labute approximate surface area is 149 Å². The number of benzene rings is 1. The van der Waals surface area contributed by atoms with Crippen molar-refractivity contribution in [2.75, 3.05) is 19.7 Å². The lowest BCUT2D eigenvalue weighted by Crippen LogP contribution is -2.28. The number of carbonyl (C=O) groups is 2. The lowest BCUT2D eigenvalue weighted by atomic mass is 10.2. The van der Waals surface area contributed by atoms with Crippen molar-refractivity contribution in [1.29, 1.82) is 0 Å². The van der Waals surface area contributed by atoms with Gasteiger partial charge in [0.1, 0.15) is 5.75 Å². The molecule has 0 aliphatic carbocycles. The SMILES string of the molecule is CCN=C1SC(=Cc2ccc(OCC(=O)O)c(Cl)c2)C(=O)N1CC. The van der Waals surface area contributed by atoms with Crippen LogP contribution in [-0.2, 0) is 9.59 Å². The van der Waals surface area contributed by atoms with E-state index in [1.54, 1.807) is 29.2 Å². The second-order valence-corrected chi connectivity index (χ2v) is 6.21. The number of carboxylic acid groups (broad SMARTS) is 1. The molecule has 1 aliphatic rings. The molecule has 1 aromatic carbocycles. The van der Waals surface area contributed by atoms with Crippen molar-refractivity contribution in [1.82, 2.24) is 4.90 Å². The Morgan fingerprint density at radius 1 is 1.46 bits per heavy atom. The molecular weight excluding hydrogens is 352 g/mol. The normalized spacial score (nSPS) is 17.8. The number of hydrogen-bond donors (Lipinski definition) is 1. The number of carboxylic acids is 1. The first kappa shape index (κ1) is 18.4. The van der Waals surface area contributed by atoms with Gasteiger partial charge in [0, 0.05) is 13.1 Å². The average molecular weight is 369 g/mol. The van der Waals surface area contributed by atoms with Crippen LogP contribution in [0.3, 0.4) is 0 Å². The summed E-state index contributed by atoms with van der Waals surface area (Å²) in [4.78, 5) is 29.4. The van der Waals surface area contributed by atoms with Crippen LogP contribution in [0.15, 0.2) is 28.1 Å². The lowest BCUT2D eigenvalue weighted by Gasteiger charge is -2.11. The number of amides is 1. The third-order valence-electron chi connectivity index (χ3n) is 3.10. The van der Waals surface area contributed by atoms with Crippen LogP contribution in [0.5, 0.6) is 5.75 Å². The van der Waals surface area contributed by atoms with E-state index in [-0.39, 0.29) is 16.7 Å². The predicted octanol–water partition coefficient (Wildman–Crippen LogP) is 3.12. The molecule has 1 fully saturated rings. The third-order valence-corrected chi connectivity index (χ3v) is 4.44. The molecule has 0 saturated carbocycles. The van der Waals surface area contributed by atoms with Crippen molar-refractivity contribution in [3.8, 4) is 5.75 Å². The van der Waals surface area contributed by atoms with Crippen LogP contribution in [0.25, 0.3) is 6.08 Å². The number of hydrogen-bond acceptors (Lipinski definition) is 5. The van der Waals surface area contributed by atoms with Gasteiger partial charge >= 0.3 is 5.97 Å². The van der Waals surface area contributed by atoms with Crippen molar-refractivity contribution < 1.29 is 19.4 Å². The zero-order valence-corrected chi connectivity index (χ0v) is 14.9. The summed E-state index contributed by atoms with van der Waals surface area (Å²) in [6.07, 6.45) is 1.74. The maximum Gasteiger partial charge on any atom is 0.341 e. The van der Waals surface area contributed by atoms with E-state index in [4.69, 9.17) is 21.4 Å². The monoisotopic (exact) mass is 368 g/mol. The molecule has 24 heavy (non-hydrogen) atoms. The van der Waals surface area contributed by atoms with Gasteiger partial charge in [-0.25, -0.2) is 4.79 Å². The van der Waals surface area contributed by atoms with E-state index in [2.05, 4.69) is 4.99 Å². The molecule has 8 heteroatoms. The molecule has 0 aromatic heterocycles. The second-order valence-electron chi connectivity index (χ2n) is 4.79. The van der Waals surface area contributed by atoms with Gasteiger partial charge < -0.3 is 9.84 Å². The van der Waals surface area contributed by atoms with E-state index in [9.17, 15) is 9.59 Å². The Morgan fingerprint density at radius 2 is 2.21 bits per heavy atom. The maximum absolute atomic E-state index is 12.4. The highest BCUT2D eigenvalue weighted by Gasteiger charge is 2.31. The first-order chi connectivity index (χ1) is 11.5. The molecule has 1 amide bonds. The van der Waals surface area contributed by atoms with Crippen LogP contribution in [0.4, 0.5) is 0 Å². The minimum atomic E-state index is -1.08. The van der Waals surface area contributed by atoms with Crippen molar-refractivity contribution in [2.45, 2.75) is 13.8 Å². The van der Waals surface area contributed by atoms with Gasteiger partial charge in [0.05, 0.1) is 9.93 Å². The molecule has 1 saturated heterocycles. The Kier molecular flexibility index (Phi) is 6.28. The molecule has 2 rings (SSSR count). The van der Waals surface area contributed by atoms with Crippen LogP contribution in [0.2, 0.25) is 5.02 Å². The first-order valence-electron chi connectivity index (χ1n) is 7.36. The van der Waals surface area contributed by atoms with E-state index < -0.39 is 12.6 Å². The highest BCUT2D eigenvalue weighted by Crippen LogP contribution is 2.33. The minimum absolute atomic E-state index is 0.0861. The predicted molar refractivity (Wildman–Crippen MR) is 95.5 cm³/mol. The number of amidine groups is 1. The van der Waals surface area contributed by atoms with Crippen molar-refractivity contribution >= 4 is 46.5 Å². The molecule has 6 nitrogen and oxygen atoms in total. The number of halogens is 1. The largest absolute Gasteiger partial charge is 0.480 e. The summed E-state index contributed by atoms with van der Waals surface area (Å²) in [5, 5.41) is 9.61. The van der Waals surface area contributed by atoms with Crippen LogP contribution >= 0.6 is 23.4 Å². The summed E-state index contributed by atoms with van der Waals surface area (Å²) in [5.41, 5.74) is 0.729. The van der Waals surface area contributed by atoms with Gasteiger partial charge in [-0.3, -0.25) is 14.7 Å². The molecule has 0 atom stereocenters. The molecule has 1 heterocycles. The fraction of sp³-hybridized carbons (Fsp3) is 0.312. The zero-order valence-electron chi connectivity index (χ0n) is 13.3. The lowest BCUT2D eigenvalue weighted by molar-refractivity contribution is -0.139. The van der Waals surface area contributed by atoms with E-state index in [1.807, 2.05) is 13.8 Å². The average Bonchev–Trinajstić information content (AvgIpc) is 2.82. The molecule has 1 aromatic rings. The number of rotatable bonds is 6. The van der Waals surface area contributed by atoms with Crippen molar-refractivity contribution in [2.24, 2.45) is 4.99 Å². The van der Waals surface area contributed by atoms with Crippen LogP contribution < -0.4 is 4.74 Å². The topological polar surface area (TPSA) is 79.2 Å². The molecule has 128 valence electrons.